The Morgan fingerprint density at radius 3 is 3.12 bits per heavy atom. The molecule has 0 aliphatic carbocycles. The maximum atomic E-state index is 11.8. The lowest BCUT2D eigenvalue weighted by molar-refractivity contribution is -0.116. The van der Waals surface area contributed by atoms with Crippen molar-refractivity contribution in [2.75, 3.05) is 18.4 Å². The van der Waals surface area contributed by atoms with Gasteiger partial charge in [0, 0.05) is 12.1 Å². The van der Waals surface area contributed by atoms with E-state index in [-0.39, 0.29) is 5.91 Å². The first-order valence-corrected chi connectivity index (χ1v) is 6.37. The largest absolute Gasteiger partial charge is 0.326 e. The molecule has 1 fully saturated rings. The van der Waals surface area contributed by atoms with Gasteiger partial charge in [0.05, 0.1) is 0 Å². The predicted molar refractivity (Wildman–Crippen MR) is 70.0 cm³/mol. The number of anilines is 1. The molecule has 1 unspecified atom stereocenters. The van der Waals surface area contributed by atoms with Crippen LogP contribution in [0.2, 0.25) is 0 Å². The third-order valence-electron chi connectivity index (χ3n) is 3.26. The van der Waals surface area contributed by atoms with Crippen LogP contribution in [-0.2, 0) is 11.2 Å². The van der Waals surface area contributed by atoms with Crippen LogP contribution in [0.25, 0.3) is 0 Å². The Morgan fingerprint density at radius 2 is 2.41 bits per heavy atom. The quantitative estimate of drug-likeness (QED) is 0.835. The summed E-state index contributed by atoms with van der Waals surface area (Å²) >= 11 is 0. The normalized spacial score (nSPS) is 19.2. The van der Waals surface area contributed by atoms with Crippen molar-refractivity contribution in [3.05, 3.63) is 29.8 Å². The Kier molecular flexibility index (Phi) is 4.15. The van der Waals surface area contributed by atoms with E-state index in [1.807, 2.05) is 18.2 Å². The Bertz CT molecular complexity index is 384. The van der Waals surface area contributed by atoms with Crippen LogP contribution in [-0.4, -0.2) is 19.0 Å². The summed E-state index contributed by atoms with van der Waals surface area (Å²) in [7, 11) is 0. The molecule has 1 aromatic carbocycles. The van der Waals surface area contributed by atoms with Gasteiger partial charge in [0.2, 0.25) is 5.91 Å². The third-order valence-corrected chi connectivity index (χ3v) is 3.26. The second-order valence-corrected chi connectivity index (χ2v) is 4.67. The Balaban J connectivity index is 1.88. The van der Waals surface area contributed by atoms with Gasteiger partial charge in [-0.15, -0.1) is 0 Å². The predicted octanol–water partition coefficient (Wildman–Crippen LogP) is 2.19. The van der Waals surface area contributed by atoms with Crippen LogP contribution in [0.3, 0.4) is 0 Å². The van der Waals surface area contributed by atoms with Gasteiger partial charge >= 0.3 is 0 Å². The highest BCUT2D eigenvalue weighted by Gasteiger charge is 2.17. The van der Waals surface area contributed by atoms with Crippen LogP contribution < -0.4 is 10.6 Å². The van der Waals surface area contributed by atoms with Gasteiger partial charge in [-0.2, -0.15) is 0 Å². The van der Waals surface area contributed by atoms with Crippen LogP contribution in [0.15, 0.2) is 24.3 Å². The Morgan fingerprint density at radius 1 is 1.53 bits per heavy atom. The summed E-state index contributed by atoms with van der Waals surface area (Å²) in [6, 6.07) is 8.07. The van der Waals surface area contributed by atoms with Gasteiger partial charge < -0.3 is 10.6 Å². The van der Waals surface area contributed by atoms with Crippen LogP contribution in [0.4, 0.5) is 5.69 Å². The number of benzene rings is 1. The van der Waals surface area contributed by atoms with E-state index < -0.39 is 0 Å². The van der Waals surface area contributed by atoms with Gasteiger partial charge in [-0.1, -0.05) is 19.1 Å². The van der Waals surface area contributed by atoms with Crippen molar-refractivity contribution >= 4 is 11.6 Å². The summed E-state index contributed by atoms with van der Waals surface area (Å²) in [4.78, 5) is 11.8. The highest BCUT2D eigenvalue weighted by atomic mass is 16.1. The number of carbonyl (C=O) groups excluding carboxylic acids is 1. The summed E-state index contributed by atoms with van der Waals surface area (Å²) in [5.41, 5.74) is 2.17. The van der Waals surface area contributed by atoms with Crippen LogP contribution >= 0.6 is 0 Å². The fourth-order valence-corrected chi connectivity index (χ4v) is 2.23. The fraction of sp³-hybridized carbons (Fsp3) is 0.500. The Labute approximate surface area is 103 Å². The van der Waals surface area contributed by atoms with Crippen molar-refractivity contribution in [3.8, 4) is 0 Å². The molecule has 0 radical (unpaired) electrons. The second-order valence-electron chi connectivity index (χ2n) is 4.67. The standard InChI is InChI=1S/C14H20N2O/c1-2-11-4-3-5-13(8-11)16-14(17)9-12-6-7-15-10-12/h3-5,8,12,15H,2,6-7,9-10H2,1H3,(H,16,17). The Hall–Kier alpha value is -1.35. The molecule has 1 amide bonds. The van der Waals surface area contributed by atoms with E-state index in [1.165, 1.54) is 5.56 Å². The number of amides is 1. The van der Waals surface area contributed by atoms with Crippen LogP contribution in [0.1, 0.15) is 25.3 Å². The highest BCUT2D eigenvalue weighted by molar-refractivity contribution is 5.90. The van der Waals surface area contributed by atoms with Crippen molar-refractivity contribution in [1.82, 2.24) is 5.32 Å². The number of hydrogen-bond donors (Lipinski definition) is 2. The van der Waals surface area contributed by atoms with Gasteiger partial charge in [-0.3, -0.25) is 4.79 Å². The molecule has 0 spiro atoms. The number of aryl methyl sites for hydroxylation is 1. The maximum absolute atomic E-state index is 11.8. The fourth-order valence-electron chi connectivity index (χ4n) is 2.23. The molecule has 0 aromatic heterocycles. The zero-order valence-corrected chi connectivity index (χ0v) is 10.3. The number of hydrogen-bond acceptors (Lipinski definition) is 2. The van der Waals surface area contributed by atoms with Gasteiger partial charge in [0.1, 0.15) is 0 Å². The molecule has 1 heterocycles. The topological polar surface area (TPSA) is 41.1 Å². The minimum Gasteiger partial charge on any atom is -0.326 e. The molecule has 1 aromatic rings. The van der Waals surface area contributed by atoms with Gasteiger partial charge in [-0.25, -0.2) is 0 Å². The highest BCUT2D eigenvalue weighted by Crippen LogP contribution is 2.15. The molecular weight excluding hydrogens is 212 g/mol. The third kappa shape index (κ3) is 3.56. The van der Waals surface area contributed by atoms with Crippen molar-refractivity contribution in [2.45, 2.75) is 26.2 Å². The molecule has 0 bridgehead atoms. The molecule has 3 heteroatoms. The van der Waals surface area contributed by atoms with E-state index in [0.717, 1.165) is 31.6 Å². The average molecular weight is 232 g/mol. The number of rotatable bonds is 4. The zero-order valence-electron chi connectivity index (χ0n) is 10.3. The zero-order chi connectivity index (χ0) is 12.1. The molecule has 3 nitrogen and oxygen atoms in total. The van der Waals surface area contributed by atoms with Gasteiger partial charge in [0.15, 0.2) is 0 Å². The molecule has 1 saturated heterocycles. The molecule has 2 rings (SSSR count). The summed E-state index contributed by atoms with van der Waals surface area (Å²) in [6.45, 7) is 4.14. The van der Waals surface area contributed by atoms with E-state index in [1.54, 1.807) is 0 Å². The van der Waals surface area contributed by atoms with Crippen molar-refractivity contribution in [2.24, 2.45) is 5.92 Å². The number of carbonyl (C=O) groups is 1. The smallest absolute Gasteiger partial charge is 0.224 e. The van der Waals surface area contributed by atoms with E-state index in [0.29, 0.717) is 12.3 Å². The molecule has 1 aliphatic heterocycles. The molecule has 1 aliphatic rings. The van der Waals surface area contributed by atoms with Crippen molar-refractivity contribution < 1.29 is 4.79 Å². The minimum atomic E-state index is 0.131. The molecule has 1 atom stereocenters. The number of nitrogens with one attached hydrogen (secondary N) is 2. The lowest BCUT2D eigenvalue weighted by Crippen LogP contribution is -2.18. The van der Waals surface area contributed by atoms with Crippen LogP contribution in [0.5, 0.6) is 0 Å². The summed E-state index contributed by atoms with van der Waals surface area (Å²) in [6.07, 6.45) is 2.74. The lowest BCUT2D eigenvalue weighted by atomic mass is 10.0. The van der Waals surface area contributed by atoms with E-state index in [2.05, 4.69) is 23.6 Å². The summed E-state index contributed by atoms with van der Waals surface area (Å²) in [5.74, 6) is 0.635. The van der Waals surface area contributed by atoms with Crippen molar-refractivity contribution in [3.63, 3.8) is 0 Å². The van der Waals surface area contributed by atoms with Crippen molar-refractivity contribution in [1.29, 1.82) is 0 Å². The first-order chi connectivity index (χ1) is 8.28. The second kappa shape index (κ2) is 5.82. The SMILES string of the molecule is CCc1cccc(NC(=O)CC2CCNC2)c1. The molecule has 17 heavy (non-hydrogen) atoms. The van der Waals surface area contributed by atoms with E-state index in [9.17, 15) is 4.79 Å². The maximum Gasteiger partial charge on any atom is 0.224 e. The van der Waals surface area contributed by atoms with Crippen LogP contribution in [0, 0.1) is 5.92 Å². The van der Waals surface area contributed by atoms with E-state index >= 15 is 0 Å². The molecular formula is C14H20N2O. The summed E-state index contributed by atoms with van der Waals surface area (Å²) < 4.78 is 0. The first kappa shape index (κ1) is 12.1. The minimum absolute atomic E-state index is 0.131. The molecule has 2 N–H and O–H groups in total. The van der Waals surface area contributed by atoms with Gasteiger partial charge in [-0.05, 0) is 49.5 Å². The molecule has 0 saturated carbocycles. The van der Waals surface area contributed by atoms with E-state index in [4.69, 9.17) is 0 Å². The monoisotopic (exact) mass is 232 g/mol. The summed E-state index contributed by atoms with van der Waals surface area (Å²) in [5, 5.41) is 6.26. The molecule has 92 valence electrons. The van der Waals surface area contributed by atoms with Gasteiger partial charge in [0.25, 0.3) is 0 Å². The average Bonchev–Trinajstić information content (AvgIpc) is 2.82. The lowest BCUT2D eigenvalue weighted by Gasteiger charge is -2.09. The first-order valence-electron chi connectivity index (χ1n) is 6.37.